The highest BCUT2D eigenvalue weighted by molar-refractivity contribution is 6.00. The first-order valence-corrected chi connectivity index (χ1v) is 7.23. The van der Waals surface area contributed by atoms with Crippen LogP contribution in [0.15, 0.2) is 36.4 Å². The Hall–Kier alpha value is -2.71. The number of halogens is 2. The second kappa shape index (κ2) is 8.23. The number of nitrogens with one attached hydrogen (secondary N) is 3. The minimum absolute atomic E-state index is 0.132. The van der Waals surface area contributed by atoms with E-state index in [1.165, 1.54) is 24.3 Å². The van der Waals surface area contributed by atoms with E-state index in [1.54, 1.807) is 0 Å². The summed E-state index contributed by atoms with van der Waals surface area (Å²) in [5.74, 6) is -1.09. The van der Waals surface area contributed by atoms with Crippen molar-refractivity contribution in [2.75, 3.05) is 29.0 Å². The second-order valence-corrected chi connectivity index (χ2v) is 4.98. The molecule has 2 amide bonds. The van der Waals surface area contributed by atoms with Crippen molar-refractivity contribution >= 4 is 23.1 Å². The first kappa shape index (κ1) is 17.6. The van der Waals surface area contributed by atoms with Crippen molar-refractivity contribution in [1.29, 1.82) is 0 Å². The van der Waals surface area contributed by atoms with Crippen LogP contribution in [0, 0.1) is 11.6 Å². The minimum atomic E-state index is -0.689. The Kier molecular flexibility index (Phi) is 6.05. The number of aliphatic hydroxyl groups is 1. The van der Waals surface area contributed by atoms with Crippen LogP contribution in [0.2, 0.25) is 0 Å². The lowest BCUT2D eigenvalue weighted by atomic mass is 10.2. The average Bonchev–Trinajstić information content (AvgIpc) is 2.52. The predicted octanol–water partition coefficient (Wildman–Crippen LogP) is 2.47. The molecule has 0 unspecified atom stereocenters. The van der Waals surface area contributed by atoms with Crippen LogP contribution in [-0.4, -0.2) is 24.2 Å². The molecule has 0 aromatic heterocycles. The Morgan fingerprint density at radius 3 is 2.50 bits per heavy atom. The molecule has 0 aliphatic heterocycles. The number of hydrogen-bond acceptors (Lipinski definition) is 4. The fourth-order valence-corrected chi connectivity index (χ4v) is 2.07. The number of rotatable bonds is 6. The van der Waals surface area contributed by atoms with E-state index in [0.717, 1.165) is 12.1 Å². The molecule has 8 heteroatoms. The Bertz CT molecular complexity index is 725. The monoisotopic (exact) mass is 336 g/mol. The highest BCUT2D eigenvalue weighted by atomic mass is 19.1. The summed E-state index contributed by atoms with van der Waals surface area (Å²) >= 11 is 0. The molecule has 0 fully saturated rings. The van der Waals surface area contributed by atoms with Crippen LogP contribution in [-0.2, 0) is 6.61 Å². The summed E-state index contributed by atoms with van der Waals surface area (Å²) in [4.78, 5) is 12.0. The quantitative estimate of drug-likeness (QED) is 0.559. The van der Waals surface area contributed by atoms with Gasteiger partial charge >= 0.3 is 6.03 Å². The van der Waals surface area contributed by atoms with Crippen molar-refractivity contribution in [2.45, 2.75) is 6.61 Å². The Balaban J connectivity index is 2.10. The molecule has 0 bridgehead atoms. The molecule has 0 aliphatic rings. The first-order chi connectivity index (χ1) is 11.5. The molecule has 24 heavy (non-hydrogen) atoms. The third kappa shape index (κ3) is 4.90. The van der Waals surface area contributed by atoms with Gasteiger partial charge in [-0.1, -0.05) is 6.07 Å². The van der Waals surface area contributed by atoms with Gasteiger partial charge in [-0.05, 0) is 30.3 Å². The minimum Gasteiger partial charge on any atom is -0.392 e. The summed E-state index contributed by atoms with van der Waals surface area (Å²) in [5, 5.41) is 17.0. The zero-order valence-corrected chi connectivity index (χ0v) is 12.8. The molecule has 2 rings (SSSR count). The molecule has 128 valence electrons. The van der Waals surface area contributed by atoms with Crippen molar-refractivity contribution in [3.8, 4) is 0 Å². The van der Waals surface area contributed by atoms with Gasteiger partial charge in [-0.3, -0.25) is 0 Å². The molecular formula is C16H18F2N4O2. The standard InChI is InChI=1S/C16H18F2N4O2/c17-11-2-1-10(9-23)15(7-11)22-16(24)21-14-6-12(18)5-13(8-14)20-4-3-19/h1-2,5-8,20,23H,3-4,9,19H2,(H2,21,22,24). The number of urea groups is 1. The van der Waals surface area contributed by atoms with E-state index in [0.29, 0.717) is 24.3 Å². The van der Waals surface area contributed by atoms with Crippen LogP contribution in [0.3, 0.4) is 0 Å². The third-order valence-corrected chi connectivity index (χ3v) is 3.12. The topological polar surface area (TPSA) is 99.4 Å². The fourth-order valence-electron chi connectivity index (χ4n) is 2.07. The van der Waals surface area contributed by atoms with Crippen LogP contribution in [0.25, 0.3) is 0 Å². The molecule has 0 aliphatic carbocycles. The molecule has 0 heterocycles. The van der Waals surface area contributed by atoms with Crippen LogP contribution >= 0.6 is 0 Å². The van der Waals surface area contributed by atoms with E-state index in [9.17, 15) is 18.7 Å². The van der Waals surface area contributed by atoms with E-state index in [-0.39, 0.29) is 18.0 Å². The maximum absolute atomic E-state index is 13.6. The average molecular weight is 336 g/mol. The first-order valence-electron chi connectivity index (χ1n) is 7.23. The summed E-state index contributed by atoms with van der Waals surface area (Å²) in [6.07, 6.45) is 0. The number of benzene rings is 2. The number of carbonyl (C=O) groups excluding carboxylic acids is 1. The summed E-state index contributed by atoms with van der Waals surface area (Å²) in [6, 6.07) is 6.90. The number of carbonyl (C=O) groups is 1. The molecule has 0 saturated carbocycles. The summed E-state index contributed by atoms with van der Waals surface area (Å²) in [5.41, 5.74) is 6.55. The van der Waals surface area contributed by atoms with Crippen molar-refractivity contribution < 1.29 is 18.7 Å². The maximum atomic E-state index is 13.6. The Morgan fingerprint density at radius 2 is 1.79 bits per heavy atom. The highest BCUT2D eigenvalue weighted by Crippen LogP contribution is 2.20. The van der Waals surface area contributed by atoms with E-state index >= 15 is 0 Å². The van der Waals surface area contributed by atoms with Gasteiger partial charge in [0, 0.05) is 30.0 Å². The molecule has 0 spiro atoms. The van der Waals surface area contributed by atoms with Gasteiger partial charge in [0.15, 0.2) is 0 Å². The molecule has 2 aromatic carbocycles. The van der Waals surface area contributed by atoms with Gasteiger partial charge in [-0.15, -0.1) is 0 Å². The molecule has 6 nitrogen and oxygen atoms in total. The normalized spacial score (nSPS) is 10.3. The molecule has 0 atom stereocenters. The van der Waals surface area contributed by atoms with Crippen molar-refractivity contribution in [2.24, 2.45) is 5.73 Å². The number of aliphatic hydroxyl groups excluding tert-OH is 1. The van der Waals surface area contributed by atoms with Gasteiger partial charge < -0.3 is 26.8 Å². The number of anilines is 3. The SMILES string of the molecule is NCCNc1cc(F)cc(NC(=O)Nc2cc(F)ccc2CO)c1. The van der Waals surface area contributed by atoms with E-state index < -0.39 is 17.7 Å². The lowest BCUT2D eigenvalue weighted by molar-refractivity contribution is 0.262. The maximum Gasteiger partial charge on any atom is 0.323 e. The van der Waals surface area contributed by atoms with Gasteiger partial charge in [0.1, 0.15) is 11.6 Å². The van der Waals surface area contributed by atoms with Gasteiger partial charge in [0.05, 0.1) is 12.3 Å². The van der Waals surface area contributed by atoms with Crippen molar-refractivity contribution in [1.82, 2.24) is 0 Å². The molecule has 2 aromatic rings. The summed E-state index contributed by atoms with van der Waals surface area (Å²) in [6.45, 7) is 0.477. The molecular weight excluding hydrogens is 318 g/mol. The van der Waals surface area contributed by atoms with Gasteiger partial charge in [-0.25, -0.2) is 13.6 Å². The predicted molar refractivity (Wildman–Crippen MR) is 88.9 cm³/mol. The van der Waals surface area contributed by atoms with Gasteiger partial charge in [0.2, 0.25) is 0 Å². The van der Waals surface area contributed by atoms with Crippen molar-refractivity contribution in [3.63, 3.8) is 0 Å². The lowest BCUT2D eigenvalue weighted by Gasteiger charge is -2.12. The molecule has 0 saturated heterocycles. The zero-order valence-electron chi connectivity index (χ0n) is 12.8. The smallest absolute Gasteiger partial charge is 0.323 e. The zero-order chi connectivity index (χ0) is 17.5. The second-order valence-electron chi connectivity index (χ2n) is 4.98. The van der Waals surface area contributed by atoms with Crippen LogP contribution < -0.4 is 21.7 Å². The van der Waals surface area contributed by atoms with Crippen LogP contribution in [0.4, 0.5) is 30.6 Å². The van der Waals surface area contributed by atoms with Crippen molar-refractivity contribution in [3.05, 3.63) is 53.6 Å². The fraction of sp³-hybridized carbons (Fsp3) is 0.188. The lowest BCUT2D eigenvalue weighted by Crippen LogP contribution is -2.21. The van der Waals surface area contributed by atoms with E-state index in [4.69, 9.17) is 5.73 Å². The van der Waals surface area contributed by atoms with Crippen LogP contribution in [0.1, 0.15) is 5.56 Å². The van der Waals surface area contributed by atoms with E-state index in [1.807, 2.05) is 0 Å². The van der Waals surface area contributed by atoms with Crippen LogP contribution in [0.5, 0.6) is 0 Å². The van der Waals surface area contributed by atoms with Gasteiger partial charge in [-0.2, -0.15) is 0 Å². The summed E-state index contributed by atoms with van der Waals surface area (Å²) < 4.78 is 26.8. The largest absolute Gasteiger partial charge is 0.392 e. The molecule has 6 N–H and O–H groups in total. The third-order valence-electron chi connectivity index (χ3n) is 3.12. The Labute approximate surface area is 137 Å². The van der Waals surface area contributed by atoms with Gasteiger partial charge in [0.25, 0.3) is 0 Å². The van der Waals surface area contributed by atoms with E-state index in [2.05, 4.69) is 16.0 Å². The summed E-state index contributed by atoms with van der Waals surface area (Å²) in [7, 11) is 0. The number of hydrogen-bond donors (Lipinski definition) is 5. The Morgan fingerprint density at radius 1 is 1.04 bits per heavy atom. The molecule has 0 radical (unpaired) electrons. The number of nitrogens with two attached hydrogens (primary N) is 1. The number of amides is 2. The highest BCUT2D eigenvalue weighted by Gasteiger charge is 2.09.